The van der Waals surface area contributed by atoms with Gasteiger partial charge in [-0.1, -0.05) is 52.1 Å². The van der Waals surface area contributed by atoms with Crippen molar-refractivity contribution in [2.24, 2.45) is 0 Å². The number of nitrogens with zero attached hydrogens (tertiary/aromatic N) is 2. The summed E-state index contributed by atoms with van der Waals surface area (Å²) in [6.45, 7) is 7.02. The second-order valence-corrected chi connectivity index (χ2v) is 9.93. The Bertz CT molecular complexity index is 572. The molecule has 24 heavy (non-hydrogen) atoms. The van der Waals surface area contributed by atoms with Gasteiger partial charge in [-0.2, -0.15) is 0 Å². The van der Waals surface area contributed by atoms with Crippen molar-refractivity contribution in [2.45, 2.75) is 64.3 Å². The Balaban J connectivity index is 1.89. The molecular weight excluding hydrogens is 312 g/mol. The number of unbranched alkanes of at least 4 members (excludes halogenated alkanes) is 4. The molecule has 130 valence electrons. The highest BCUT2D eigenvalue weighted by molar-refractivity contribution is 6.57. The third-order valence-corrected chi connectivity index (χ3v) is 6.26. The van der Waals surface area contributed by atoms with Crippen LogP contribution in [-0.4, -0.2) is 24.5 Å². The normalized spacial score (nSPS) is 12.3. The van der Waals surface area contributed by atoms with Gasteiger partial charge in [-0.15, -0.1) is 0 Å². The Morgan fingerprint density at radius 1 is 0.958 bits per heavy atom. The van der Waals surface area contributed by atoms with Gasteiger partial charge in [0.15, 0.2) is 5.82 Å². The van der Waals surface area contributed by atoms with E-state index in [1.807, 2.05) is 30.3 Å². The fourth-order valence-electron chi connectivity index (χ4n) is 2.78. The summed E-state index contributed by atoms with van der Waals surface area (Å²) >= 11 is 0. The Morgan fingerprint density at radius 3 is 2.25 bits per heavy atom. The van der Waals surface area contributed by atoms with Crippen molar-refractivity contribution in [3.05, 3.63) is 42.7 Å². The molecule has 1 unspecified atom stereocenters. The van der Waals surface area contributed by atoms with E-state index in [1.54, 1.807) is 12.4 Å². The lowest BCUT2D eigenvalue weighted by molar-refractivity contribution is 0.257. The Morgan fingerprint density at radius 2 is 1.62 bits per heavy atom. The minimum absolute atomic E-state index is 0.422. The molecule has 0 saturated carbocycles. The van der Waals surface area contributed by atoms with Crippen LogP contribution in [0.5, 0.6) is 5.75 Å². The van der Waals surface area contributed by atoms with Gasteiger partial charge in [0, 0.05) is 18.0 Å². The molecule has 0 bridgehead atoms. The molecule has 1 aromatic carbocycles. The van der Waals surface area contributed by atoms with Crippen molar-refractivity contribution in [3.8, 4) is 17.1 Å². The van der Waals surface area contributed by atoms with Crippen LogP contribution >= 0.6 is 0 Å². The average Bonchev–Trinajstić information content (AvgIpc) is 2.61. The quantitative estimate of drug-likeness (QED) is 0.435. The molecule has 4 heteroatoms. The smallest absolute Gasteiger partial charge is 0.159 e. The molecule has 2 aromatic rings. The molecule has 1 aromatic heterocycles. The summed E-state index contributed by atoms with van der Waals surface area (Å²) in [6, 6.07) is 10.0. The van der Waals surface area contributed by atoms with Gasteiger partial charge in [0.05, 0.1) is 14.5 Å². The van der Waals surface area contributed by atoms with Crippen LogP contribution in [0.25, 0.3) is 11.4 Å². The third kappa shape index (κ3) is 6.08. The van der Waals surface area contributed by atoms with Crippen molar-refractivity contribution in [3.63, 3.8) is 0 Å². The van der Waals surface area contributed by atoms with Crippen LogP contribution in [0.3, 0.4) is 0 Å². The van der Waals surface area contributed by atoms with Crippen molar-refractivity contribution >= 4 is 8.80 Å². The first-order valence-electron chi connectivity index (χ1n) is 9.24. The number of aromatic nitrogens is 2. The van der Waals surface area contributed by atoms with Gasteiger partial charge in [0.2, 0.25) is 0 Å². The maximum absolute atomic E-state index is 6.29. The third-order valence-electron chi connectivity index (χ3n) is 4.30. The number of ether oxygens (including phenoxy) is 1. The molecule has 2 rings (SSSR count). The van der Waals surface area contributed by atoms with Crippen molar-refractivity contribution in [1.82, 2.24) is 9.97 Å². The maximum Gasteiger partial charge on any atom is 0.159 e. The standard InChI is InChI=1S/C20H30N2OSi/c1-4-5-6-7-8-10-19(24(2)3)23-18-13-11-17(12-14-18)20-21-15-9-16-22-20/h9,11-16,19,24H,4-8,10H2,1-3H3. The van der Waals surface area contributed by atoms with E-state index in [0.29, 0.717) is 5.73 Å². The predicted octanol–water partition coefficient (Wildman–Crippen LogP) is 5.28. The molecule has 0 N–H and O–H groups in total. The molecule has 0 fully saturated rings. The van der Waals surface area contributed by atoms with Crippen molar-refractivity contribution < 1.29 is 4.74 Å². The van der Waals surface area contributed by atoms with E-state index in [1.165, 1.54) is 38.5 Å². The van der Waals surface area contributed by atoms with Crippen LogP contribution in [0.2, 0.25) is 13.1 Å². The van der Waals surface area contributed by atoms with Gasteiger partial charge in [0.1, 0.15) is 5.75 Å². The topological polar surface area (TPSA) is 35.0 Å². The van der Waals surface area contributed by atoms with Crippen LogP contribution in [0.4, 0.5) is 0 Å². The monoisotopic (exact) mass is 342 g/mol. The van der Waals surface area contributed by atoms with Gasteiger partial charge >= 0.3 is 0 Å². The Kier molecular flexibility index (Phi) is 7.96. The Labute approximate surface area is 148 Å². The van der Waals surface area contributed by atoms with E-state index >= 15 is 0 Å². The van der Waals surface area contributed by atoms with Crippen molar-refractivity contribution in [1.29, 1.82) is 0 Å². The molecule has 1 atom stereocenters. The van der Waals surface area contributed by atoms with E-state index in [9.17, 15) is 0 Å². The second-order valence-electron chi connectivity index (χ2n) is 6.70. The summed E-state index contributed by atoms with van der Waals surface area (Å²) in [5, 5.41) is 0. The Hall–Kier alpha value is -1.68. The molecule has 0 saturated heterocycles. The summed E-state index contributed by atoms with van der Waals surface area (Å²) < 4.78 is 6.29. The molecular formula is C20H30N2OSi. The van der Waals surface area contributed by atoms with E-state index < -0.39 is 8.80 Å². The number of benzene rings is 1. The number of rotatable bonds is 10. The highest BCUT2D eigenvalue weighted by Gasteiger charge is 2.16. The highest BCUT2D eigenvalue weighted by Crippen LogP contribution is 2.21. The van der Waals surface area contributed by atoms with E-state index in [-0.39, 0.29) is 0 Å². The van der Waals surface area contributed by atoms with Gasteiger partial charge in [0.25, 0.3) is 0 Å². The molecule has 1 heterocycles. The molecule has 0 aliphatic rings. The van der Waals surface area contributed by atoms with Gasteiger partial charge < -0.3 is 4.74 Å². The fourth-order valence-corrected chi connectivity index (χ4v) is 4.11. The first-order valence-corrected chi connectivity index (χ1v) is 12.2. The average molecular weight is 343 g/mol. The highest BCUT2D eigenvalue weighted by atomic mass is 28.3. The minimum atomic E-state index is -0.833. The van der Waals surface area contributed by atoms with Crippen LogP contribution in [0.15, 0.2) is 42.7 Å². The van der Waals surface area contributed by atoms with Crippen molar-refractivity contribution in [2.75, 3.05) is 0 Å². The SMILES string of the molecule is CCCCCCCC(Oc1ccc(-c2ncccn2)cc1)[SiH](C)C. The summed E-state index contributed by atoms with van der Waals surface area (Å²) in [4.78, 5) is 8.58. The fraction of sp³-hybridized carbons (Fsp3) is 0.500. The molecule has 3 nitrogen and oxygen atoms in total. The lowest BCUT2D eigenvalue weighted by Crippen LogP contribution is -2.30. The predicted molar refractivity (Wildman–Crippen MR) is 104 cm³/mol. The molecule has 0 radical (unpaired) electrons. The number of hydrogen-bond acceptors (Lipinski definition) is 3. The zero-order valence-corrected chi connectivity index (χ0v) is 16.4. The van der Waals surface area contributed by atoms with Crippen LogP contribution < -0.4 is 4.74 Å². The molecule has 0 aliphatic carbocycles. The first kappa shape index (κ1) is 18.7. The maximum atomic E-state index is 6.29. The summed E-state index contributed by atoms with van der Waals surface area (Å²) in [7, 11) is -0.833. The zero-order chi connectivity index (χ0) is 17.2. The summed E-state index contributed by atoms with van der Waals surface area (Å²) in [5.41, 5.74) is 1.45. The zero-order valence-electron chi connectivity index (χ0n) is 15.2. The van der Waals surface area contributed by atoms with Crippen LogP contribution in [-0.2, 0) is 0 Å². The van der Waals surface area contributed by atoms with Gasteiger partial charge in [-0.05, 0) is 36.8 Å². The summed E-state index contributed by atoms with van der Waals surface area (Å²) in [5.74, 6) is 1.73. The van der Waals surface area contributed by atoms with Crippen LogP contribution in [0, 0.1) is 0 Å². The molecule has 0 amide bonds. The summed E-state index contributed by atoms with van der Waals surface area (Å²) in [6.07, 6.45) is 11.4. The van der Waals surface area contributed by atoms with Gasteiger partial charge in [-0.25, -0.2) is 9.97 Å². The minimum Gasteiger partial charge on any atom is -0.494 e. The van der Waals surface area contributed by atoms with E-state index in [0.717, 1.165) is 17.1 Å². The van der Waals surface area contributed by atoms with E-state index in [2.05, 4.69) is 30.0 Å². The lowest BCUT2D eigenvalue weighted by atomic mass is 10.1. The first-order chi connectivity index (χ1) is 11.7. The largest absolute Gasteiger partial charge is 0.494 e. The molecule has 0 spiro atoms. The van der Waals surface area contributed by atoms with E-state index in [4.69, 9.17) is 4.74 Å². The van der Waals surface area contributed by atoms with Gasteiger partial charge in [-0.3, -0.25) is 0 Å². The second kappa shape index (κ2) is 10.2. The number of hydrogen-bond donors (Lipinski definition) is 0. The lowest BCUT2D eigenvalue weighted by Gasteiger charge is -2.22. The van der Waals surface area contributed by atoms with Crippen LogP contribution in [0.1, 0.15) is 45.4 Å². The molecule has 0 aliphatic heterocycles.